The van der Waals surface area contributed by atoms with Crippen molar-refractivity contribution >= 4 is 11.8 Å². The van der Waals surface area contributed by atoms with Gasteiger partial charge in [-0.05, 0) is 30.9 Å². The minimum Gasteiger partial charge on any atom is -0.353 e. The molecule has 0 radical (unpaired) electrons. The molecule has 1 aromatic rings. The number of hydrogen-bond acceptors (Lipinski definition) is 3. The van der Waals surface area contributed by atoms with Gasteiger partial charge in [0.05, 0.1) is 12.5 Å². The van der Waals surface area contributed by atoms with Gasteiger partial charge in [0.1, 0.15) is 0 Å². The van der Waals surface area contributed by atoms with E-state index in [-0.39, 0.29) is 24.3 Å². The Balaban J connectivity index is 2.10. The molecule has 1 aliphatic rings. The molecule has 0 bridgehead atoms. The van der Waals surface area contributed by atoms with E-state index in [1.165, 1.54) is 11.1 Å². The highest BCUT2D eigenvalue weighted by molar-refractivity contribution is 5.88. The van der Waals surface area contributed by atoms with Crippen LogP contribution in [0.3, 0.4) is 0 Å². The fourth-order valence-corrected chi connectivity index (χ4v) is 3.53. The number of benzene rings is 1. The van der Waals surface area contributed by atoms with E-state index < -0.39 is 6.04 Å². The Kier molecular flexibility index (Phi) is 7.00. The first-order valence-corrected chi connectivity index (χ1v) is 9.29. The van der Waals surface area contributed by atoms with Crippen LogP contribution in [0.4, 0.5) is 0 Å². The number of carbonyl (C=O) groups is 2. The summed E-state index contributed by atoms with van der Waals surface area (Å²) in [4.78, 5) is 29.1. The van der Waals surface area contributed by atoms with E-state index in [2.05, 4.69) is 43.1 Å². The lowest BCUT2D eigenvalue weighted by molar-refractivity contribution is -0.139. The van der Waals surface area contributed by atoms with Crippen molar-refractivity contribution in [3.05, 3.63) is 35.4 Å². The van der Waals surface area contributed by atoms with Crippen molar-refractivity contribution in [3.8, 4) is 0 Å². The van der Waals surface area contributed by atoms with Gasteiger partial charge in [-0.15, -0.1) is 0 Å². The number of nitrogens with zero attached hydrogens (tertiary/aromatic N) is 2. The molecule has 1 aliphatic heterocycles. The molecule has 2 rings (SSSR count). The third-order valence-electron chi connectivity index (χ3n) is 5.33. The van der Waals surface area contributed by atoms with Crippen molar-refractivity contribution in [1.82, 2.24) is 15.1 Å². The lowest BCUT2D eigenvalue weighted by atomic mass is 10.0. The second-order valence-corrected chi connectivity index (χ2v) is 6.88. The molecule has 2 amide bonds. The van der Waals surface area contributed by atoms with Gasteiger partial charge in [-0.2, -0.15) is 0 Å². The summed E-state index contributed by atoms with van der Waals surface area (Å²) in [6, 6.07) is 8.07. The zero-order valence-corrected chi connectivity index (χ0v) is 15.9. The van der Waals surface area contributed by atoms with Gasteiger partial charge in [0.15, 0.2) is 0 Å². The summed E-state index contributed by atoms with van der Waals surface area (Å²) in [6.07, 6.45) is 2.11. The van der Waals surface area contributed by atoms with Crippen molar-refractivity contribution in [2.45, 2.75) is 58.7 Å². The van der Waals surface area contributed by atoms with E-state index in [1.807, 2.05) is 24.1 Å². The van der Waals surface area contributed by atoms with Crippen LogP contribution in [0.1, 0.15) is 44.2 Å². The highest BCUT2D eigenvalue weighted by Gasteiger charge is 2.33. The van der Waals surface area contributed by atoms with Crippen molar-refractivity contribution in [2.24, 2.45) is 0 Å². The van der Waals surface area contributed by atoms with E-state index >= 15 is 0 Å². The summed E-state index contributed by atoms with van der Waals surface area (Å²) in [5.41, 5.74) is 2.43. The molecule has 5 nitrogen and oxygen atoms in total. The Labute approximate surface area is 151 Å². The quantitative estimate of drug-likeness (QED) is 0.825. The van der Waals surface area contributed by atoms with Crippen molar-refractivity contribution in [2.75, 3.05) is 20.1 Å². The largest absolute Gasteiger partial charge is 0.353 e. The zero-order chi connectivity index (χ0) is 18.4. The molecule has 0 saturated carbocycles. The number of rotatable bonds is 7. The van der Waals surface area contributed by atoms with Crippen LogP contribution in [-0.4, -0.2) is 53.8 Å². The molecule has 0 spiro atoms. The molecule has 1 unspecified atom stereocenters. The molecular formula is C20H31N3O2. The highest BCUT2D eigenvalue weighted by atomic mass is 16.2. The van der Waals surface area contributed by atoms with Crippen LogP contribution < -0.4 is 5.32 Å². The molecule has 138 valence electrons. The van der Waals surface area contributed by atoms with Crippen LogP contribution in [0.15, 0.2) is 24.3 Å². The summed E-state index contributed by atoms with van der Waals surface area (Å²) in [7, 11) is 1.85. The first-order chi connectivity index (χ1) is 12.0. The predicted molar refractivity (Wildman–Crippen MR) is 100 cm³/mol. The smallest absolute Gasteiger partial charge is 0.237 e. The SMILES string of the molecule is CCC(CC)N(C)C(=O)CC1C(=O)NCCN1Cc1ccccc1C. The third-order valence-corrected chi connectivity index (χ3v) is 5.33. The highest BCUT2D eigenvalue weighted by Crippen LogP contribution is 2.18. The number of hydrogen-bond donors (Lipinski definition) is 1. The number of nitrogens with one attached hydrogen (secondary N) is 1. The topological polar surface area (TPSA) is 52.7 Å². The van der Waals surface area contributed by atoms with E-state index in [9.17, 15) is 9.59 Å². The Morgan fingerprint density at radius 1 is 1.32 bits per heavy atom. The number of amides is 2. The Morgan fingerprint density at radius 2 is 2.00 bits per heavy atom. The average molecular weight is 345 g/mol. The van der Waals surface area contributed by atoms with E-state index in [4.69, 9.17) is 0 Å². The van der Waals surface area contributed by atoms with Gasteiger partial charge in [0.25, 0.3) is 0 Å². The number of aryl methyl sites for hydroxylation is 1. The monoisotopic (exact) mass is 345 g/mol. The zero-order valence-electron chi connectivity index (χ0n) is 15.9. The minimum absolute atomic E-state index is 0.0360. The third kappa shape index (κ3) is 4.82. The standard InChI is InChI=1S/C20H31N3O2/c1-5-17(6-2)22(4)19(24)13-18-20(25)21-11-12-23(18)14-16-10-8-7-9-15(16)3/h7-10,17-18H,5-6,11-14H2,1-4H3,(H,21,25). The van der Waals surface area contributed by atoms with Crippen molar-refractivity contribution in [1.29, 1.82) is 0 Å². The molecule has 1 saturated heterocycles. The summed E-state index contributed by atoms with van der Waals surface area (Å²) in [5, 5.41) is 2.91. The lowest BCUT2D eigenvalue weighted by Gasteiger charge is -2.36. The van der Waals surface area contributed by atoms with Gasteiger partial charge in [-0.1, -0.05) is 38.1 Å². The van der Waals surface area contributed by atoms with Crippen LogP contribution in [0.2, 0.25) is 0 Å². The predicted octanol–water partition coefficient (Wildman–Crippen LogP) is 2.33. The second kappa shape index (κ2) is 8.99. The molecular weight excluding hydrogens is 314 g/mol. The lowest BCUT2D eigenvalue weighted by Crippen LogP contribution is -2.56. The Hall–Kier alpha value is -1.88. The maximum atomic E-state index is 12.7. The maximum absolute atomic E-state index is 12.7. The molecule has 1 N–H and O–H groups in total. The fourth-order valence-electron chi connectivity index (χ4n) is 3.53. The second-order valence-electron chi connectivity index (χ2n) is 6.88. The summed E-state index contributed by atoms with van der Waals surface area (Å²) in [6.45, 7) is 8.38. The van der Waals surface area contributed by atoms with Crippen molar-refractivity contribution in [3.63, 3.8) is 0 Å². The molecule has 1 heterocycles. The molecule has 0 aliphatic carbocycles. The molecule has 5 heteroatoms. The van der Waals surface area contributed by atoms with E-state index in [0.29, 0.717) is 13.1 Å². The van der Waals surface area contributed by atoms with Gasteiger partial charge >= 0.3 is 0 Å². The van der Waals surface area contributed by atoms with Gasteiger partial charge in [-0.3, -0.25) is 14.5 Å². The van der Waals surface area contributed by atoms with E-state index in [0.717, 1.165) is 19.4 Å². The average Bonchev–Trinajstić information content (AvgIpc) is 2.60. The molecule has 1 aromatic carbocycles. The molecule has 1 fully saturated rings. The Bertz CT molecular complexity index is 598. The Morgan fingerprint density at radius 3 is 2.64 bits per heavy atom. The van der Waals surface area contributed by atoms with Crippen LogP contribution in [0.5, 0.6) is 0 Å². The molecule has 0 aromatic heterocycles. The fraction of sp³-hybridized carbons (Fsp3) is 0.600. The van der Waals surface area contributed by atoms with Crippen LogP contribution in [0, 0.1) is 6.92 Å². The normalized spacial score (nSPS) is 18.3. The van der Waals surface area contributed by atoms with Crippen molar-refractivity contribution < 1.29 is 9.59 Å². The summed E-state index contributed by atoms with van der Waals surface area (Å²) >= 11 is 0. The number of carbonyl (C=O) groups excluding carboxylic acids is 2. The molecule has 1 atom stereocenters. The van der Waals surface area contributed by atoms with Crippen LogP contribution in [0.25, 0.3) is 0 Å². The van der Waals surface area contributed by atoms with Gasteiger partial charge in [-0.25, -0.2) is 0 Å². The minimum atomic E-state index is -0.391. The van der Waals surface area contributed by atoms with Gasteiger partial charge in [0.2, 0.25) is 11.8 Å². The first kappa shape index (κ1) is 19.4. The van der Waals surface area contributed by atoms with Gasteiger partial charge < -0.3 is 10.2 Å². The molecule has 25 heavy (non-hydrogen) atoms. The first-order valence-electron chi connectivity index (χ1n) is 9.29. The summed E-state index contributed by atoms with van der Waals surface area (Å²) < 4.78 is 0. The number of piperazine rings is 1. The van der Waals surface area contributed by atoms with Crippen LogP contribution >= 0.6 is 0 Å². The summed E-state index contributed by atoms with van der Waals surface area (Å²) in [5.74, 6) is 0.0108. The van der Waals surface area contributed by atoms with Gasteiger partial charge in [0, 0.05) is 32.7 Å². The van der Waals surface area contributed by atoms with Crippen LogP contribution in [-0.2, 0) is 16.1 Å². The van der Waals surface area contributed by atoms with E-state index in [1.54, 1.807) is 0 Å². The maximum Gasteiger partial charge on any atom is 0.237 e.